The van der Waals surface area contributed by atoms with Crippen molar-refractivity contribution < 1.29 is 8.42 Å². The summed E-state index contributed by atoms with van der Waals surface area (Å²) in [4.78, 5) is 0. The van der Waals surface area contributed by atoms with Crippen molar-refractivity contribution in [3.05, 3.63) is 0 Å². The fraction of sp³-hybridized carbons (Fsp3) is 1.00. The zero-order valence-corrected chi connectivity index (χ0v) is 9.46. The summed E-state index contributed by atoms with van der Waals surface area (Å²) < 4.78 is 27.1. The van der Waals surface area contributed by atoms with E-state index in [2.05, 4.69) is 0 Å². The van der Waals surface area contributed by atoms with E-state index in [9.17, 15) is 8.42 Å². The van der Waals surface area contributed by atoms with E-state index >= 15 is 0 Å². The molecule has 0 unspecified atom stereocenters. The van der Waals surface area contributed by atoms with Gasteiger partial charge in [-0.05, 0) is 19.3 Å². The number of hydrogen-bond donors (Lipinski definition) is 0. The molecule has 0 N–H and O–H groups in total. The average molecular weight is 218 g/mol. The minimum absolute atomic E-state index is 0.280. The van der Waals surface area contributed by atoms with Crippen LogP contribution >= 0.6 is 0 Å². The highest BCUT2D eigenvalue weighted by molar-refractivity contribution is 7.86. The van der Waals surface area contributed by atoms with Crippen LogP contribution in [0.2, 0.25) is 0 Å². The Kier molecular flexibility index (Phi) is 2.81. The maximum Gasteiger partial charge on any atom is 0.281 e. The summed E-state index contributed by atoms with van der Waals surface area (Å²) in [6, 6.07) is 0.280. The highest BCUT2D eigenvalue weighted by atomic mass is 32.2. The van der Waals surface area contributed by atoms with E-state index in [0.717, 1.165) is 25.8 Å². The minimum atomic E-state index is -3.12. The maximum absolute atomic E-state index is 12.0. The van der Waals surface area contributed by atoms with E-state index in [1.807, 2.05) is 0 Å². The van der Waals surface area contributed by atoms with Crippen LogP contribution in [0.15, 0.2) is 0 Å². The van der Waals surface area contributed by atoms with Crippen LogP contribution in [0.25, 0.3) is 0 Å². The molecule has 1 saturated heterocycles. The van der Waals surface area contributed by atoms with Crippen molar-refractivity contribution in [2.45, 2.75) is 38.1 Å². The molecule has 4 nitrogen and oxygen atoms in total. The van der Waals surface area contributed by atoms with E-state index in [4.69, 9.17) is 0 Å². The van der Waals surface area contributed by atoms with Crippen LogP contribution in [0.4, 0.5) is 0 Å². The van der Waals surface area contributed by atoms with Gasteiger partial charge in [0.1, 0.15) is 0 Å². The molecule has 14 heavy (non-hydrogen) atoms. The third-order valence-corrected chi connectivity index (χ3v) is 5.32. The average Bonchev–Trinajstić information content (AvgIpc) is 2.62. The number of rotatable bonds is 1. The van der Waals surface area contributed by atoms with Crippen LogP contribution < -0.4 is 0 Å². The van der Waals surface area contributed by atoms with E-state index in [1.165, 1.54) is 17.1 Å². The van der Waals surface area contributed by atoms with Crippen LogP contribution in [-0.2, 0) is 10.2 Å². The van der Waals surface area contributed by atoms with Crippen molar-refractivity contribution in [2.75, 3.05) is 20.1 Å². The summed E-state index contributed by atoms with van der Waals surface area (Å²) in [5.41, 5.74) is 0. The number of hydrogen-bond acceptors (Lipinski definition) is 2. The van der Waals surface area contributed by atoms with Gasteiger partial charge in [0.05, 0.1) is 0 Å². The normalized spacial score (nSPS) is 30.9. The van der Waals surface area contributed by atoms with Crippen LogP contribution in [0, 0.1) is 0 Å². The van der Waals surface area contributed by atoms with Gasteiger partial charge in [0.2, 0.25) is 0 Å². The van der Waals surface area contributed by atoms with Gasteiger partial charge >= 0.3 is 0 Å². The predicted molar refractivity (Wildman–Crippen MR) is 55.1 cm³/mol. The topological polar surface area (TPSA) is 40.6 Å². The summed E-state index contributed by atoms with van der Waals surface area (Å²) in [6.45, 7) is 1.39. The molecule has 0 aromatic carbocycles. The van der Waals surface area contributed by atoms with E-state index in [1.54, 1.807) is 11.4 Å². The molecule has 2 aliphatic rings. The standard InChI is InChI=1S/C9H18N2O2S/c1-10-7-4-8-11(14(10,12)13)9-5-2-3-6-9/h9H,2-8H2,1H3. The summed E-state index contributed by atoms with van der Waals surface area (Å²) >= 11 is 0. The molecule has 0 amide bonds. The third-order valence-electron chi connectivity index (χ3n) is 3.27. The molecule has 0 spiro atoms. The van der Waals surface area contributed by atoms with Gasteiger partial charge in [0.15, 0.2) is 0 Å². The largest absolute Gasteiger partial charge is 0.281 e. The first kappa shape index (κ1) is 10.4. The zero-order valence-electron chi connectivity index (χ0n) is 8.65. The van der Waals surface area contributed by atoms with Crippen molar-refractivity contribution >= 4 is 10.2 Å². The molecule has 1 saturated carbocycles. The molecular weight excluding hydrogens is 200 g/mol. The van der Waals surface area contributed by atoms with Crippen molar-refractivity contribution in [1.29, 1.82) is 0 Å². The summed E-state index contributed by atoms with van der Waals surface area (Å²) in [7, 11) is -1.44. The second-order valence-electron chi connectivity index (χ2n) is 4.23. The highest BCUT2D eigenvalue weighted by Crippen LogP contribution is 2.28. The van der Waals surface area contributed by atoms with E-state index in [-0.39, 0.29) is 6.04 Å². The van der Waals surface area contributed by atoms with Gasteiger partial charge in [-0.3, -0.25) is 0 Å². The summed E-state index contributed by atoms with van der Waals surface area (Å²) in [5.74, 6) is 0. The lowest BCUT2D eigenvalue weighted by atomic mass is 10.2. The first-order chi connectivity index (χ1) is 6.62. The highest BCUT2D eigenvalue weighted by Gasteiger charge is 2.36. The molecule has 1 aliphatic carbocycles. The lowest BCUT2D eigenvalue weighted by Crippen LogP contribution is -2.51. The fourth-order valence-electron chi connectivity index (χ4n) is 2.42. The Morgan fingerprint density at radius 3 is 2.36 bits per heavy atom. The molecule has 5 heteroatoms. The Morgan fingerprint density at radius 1 is 1.07 bits per heavy atom. The van der Waals surface area contributed by atoms with Gasteiger partial charge in [0.25, 0.3) is 10.2 Å². The molecular formula is C9H18N2O2S. The number of nitrogens with zero attached hydrogens (tertiary/aromatic N) is 2. The van der Waals surface area contributed by atoms with E-state index < -0.39 is 10.2 Å². The molecule has 2 fully saturated rings. The van der Waals surface area contributed by atoms with Gasteiger partial charge in [-0.1, -0.05) is 12.8 Å². The van der Waals surface area contributed by atoms with E-state index in [0.29, 0.717) is 6.54 Å². The smallest absolute Gasteiger partial charge is 0.195 e. The fourth-order valence-corrected chi connectivity index (χ4v) is 4.09. The first-order valence-electron chi connectivity index (χ1n) is 5.35. The van der Waals surface area contributed by atoms with Crippen LogP contribution in [-0.4, -0.2) is 43.2 Å². The first-order valence-corrected chi connectivity index (χ1v) is 6.75. The van der Waals surface area contributed by atoms with Crippen molar-refractivity contribution in [1.82, 2.24) is 8.61 Å². The minimum Gasteiger partial charge on any atom is -0.195 e. The molecule has 0 aromatic heterocycles. The molecule has 2 rings (SSSR count). The Balaban J connectivity index is 2.16. The molecule has 1 heterocycles. The lowest BCUT2D eigenvalue weighted by Gasteiger charge is -2.36. The van der Waals surface area contributed by atoms with Crippen molar-refractivity contribution in [2.24, 2.45) is 0 Å². The Bertz CT molecular complexity index is 296. The molecule has 0 bridgehead atoms. The Labute approximate surface area is 86.1 Å². The quantitative estimate of drug-likeness (QED) is 0.653. The molecule has 0 aromatic rings. The maximum atomic E-state index is 12.0. The van der Waals surface area contributed by atoms with Gasteiger partial charge in [-0.15, -0.1) is 0 Å². The van der Waals surface area contributed by atoms with Gasteiger partial charge in [0, 0.05) is 26.2 Å². The SMILES string of the molecule is CN1CCCN(C2CCCC2)S1(=O)=O. The third kappa shape index (κ3) is 1.68. The van der Waals surface area contributed by atoms with Gasteiger partial charge < -0.3 is 0 Å². The van der Waals surface area contributed by atoms with Crippen LogP contribution in [0.1, 0.15) is 32.1 Å². The van der Waals surface area contributed by atoms with Crippen molar-refractivity contribution in [3.8, 4) is 0 Å². The molecule has 1 aliphatic heterocycles. The predicted octanol–water partition coefficient (Wildman–Crippen LogP) is 0.811. The zero-order chi connectivity index (χ0) is 10.2. The monoisotopic (exact) mass is 218 g/mol. The second-order valence-corrected chi connectivity index (χ2v) is 6.22. The molecule has 0 atom stereocenters. The van der Waals surface area contributed by atoms with Gasteiger partial charge in [-0.25, -0.2) is 0 Å². The van der Waals surface area contributed by atoms with Crippen LogP contribution in [0.3, 0.4) is 0 Å². The lowest BCUT2D eigenvalue weighted by molar-refractivity contribution is 0.256. The Morgan fingerprint density at radius 2 is 1.71 bits per heavy atom. The molecule has 0 radical (unpaired) electrons. The van der Waals surface area contributed by atoms with Crippen molar-refractivity contribution in [3.63, 3.8) is 0 Å². The molecule has 82 valence electrons. The Hall–Kier alpha value is -0.130. The summed E-state index contributed by atoms with van der Waals surface area (Å²) in [5, 5.41) is 0. The second kappa shape index (κ2) is 3.79. The van der Waals surface area contributed by atoms with Gasteiger partial charge in [-0.2, -0.15) is 17.0 Å². The van der Waals surface area contributed by atoms with Crippen LogP contribution in [0.5, 0.6) is 0 Å². The summed E-state index contributed by atoms with van der Waals surface area (Å²) in [6.07, 6.45) is 5.42.